The largest absolute Gasteiger partial charge is 0.478 e. The molecule has 3 amide bonds. The highest BCUT2D eigenvalue weighted by atomic mass is 32.2. The lowest BCUT2D eigenvalue weighted by atomic mass is 9.98. The topological polar surface area (TPSA) is 151 Å². The van der Waals surface area contributed by atoms with Crippen LogP contribution < -0.4 is 16.0 Å². The molecule has 1 unspecified atom stereocenters. The Morgan fingerprint density at radius 2 is 1.45 bits per heavy atom. The molecule has 10 nitrogen and oxygen atoms in total. The smallest absolute Gasteiger partial charge is 0.341 e. The molecule has 0 spiro atoms. The summed E-state index contributed by atoms with van der Waals surface area (Å²) in [5.41, 5.74) is 1.83. The molecule has 0 saturated carbocycles. The highest BCUT2D eigenvalue weighted by Gasteiger charge is 2.29. The summed E-state index contributed by atoms with van der Waals surface area (Å²) >= 11 is 2.28. The van der Waals surface area contributed by atoms with Crippen LogP contribution in [0.3, 0.4) is 0 Å². The first-order valence-corrected chi connectivity index (χ1v) is 17.1. The van der Waals surface area contributed by atoms with E-state index in [2.05, 4.69) is 16.0 Å². The Morgan fingerprint density at radius 3 is 2.12 bits per heavy atom. The molecule has 1 atom stereocenters. The van der Waals surface area contributed by atoms with Gasteiger partial charge in [-0.15, -0.1) is 23.1 Å². The first-order chi connectivity index (χ1) is 23.6. The van der Waals surface area contributed by atoms with Crippen LogP contribution in [-0.2, 0) is 9.53 Å². The molecular weight excluding hydrogens is 663 g/mol. The third kappa shape index (κ3) is 7.99. The molecule has 0 saturated heterocycles. The van der Waals surface area contributed by atoms with Crippen molar-refractivity contribution in [2.75, 3.05) is 22.6 Å². The predicted octanol–water partition coefficient (Wildman–Crippen LogP) is 8.10. The maximum atomic E-state index is 13.6. The van der Waals surface area contributed by atoms with Crippen molar-refractivity contribution >= 4 is 79.9 Å². The van der Waals surface area contributed by atoms with Crippen LogP contribution in [0, 0.1) is 6.92 Å². The van der Waals surface area contributed by atoms with Crippen LogP contribution in [0.15, 0.2) is 95.9 Å². The van der Waals surface area contributed by atoms with Gasteiger partial charge in [0, 0.05) is 27.2 Å². The number of carboxylic acids is 1. The van der Waals surface area contributed by atoms with Gasteiger partial charge in [0.25, 0.3) is 11.8 Å². The van der Waals surface area contributed by atoms with E-state index >= 15 is 0 Å². The molecule has 12 heteroatoms. The highest BCUT2D eigenvalue weighted by molar-refractivity contribution is 8.00. The molecule has 4 N–H and O–H groups in total. The van der Waals surface area contributed by atoms with Crippen LogP contribution >= 0.6 is 23.1 Å². The van der Waals surface area contributed by atoms with Crippen molar-refractivity contribution in [3.05, 3.63) is 118 Å². The van der Waals surface area contributed by atoms with Crippen LogP contribution in [0.5, 0.6) is 0 Å². The Labute approximate surface area is 290 Å². The van der Waals surface area contributed by atoms with Crippen LogP contribution in [0.2, 0.25) is 0 Å². The molecule has 0 aliphatic heterocycles. The zero-order chi connectivity index (χ0) is 35.1. The van der Waals surface area contributed by atoms with Gasteiger partial charge in [0.15, 0.2) is 0 Å². The van der Waals surface area contributed by atoms with Crippen LogP contribution in [-0.4, -0.2) is 46.6 Å². The standard InChI is InChI=1S/C37H33N3O7S2/c1-4-28(33(42)40-35-29(37(46)47-5-2)21(3)31(49-35)34(43)38-23-14-7-6-8-15-23)48-25-17-11-16-24(20-25)39-32(41)26-18-9-12-22-13-10-19-27(30(22)26)36(44)45/h6-20,28H,4-5H2,1-3H3,(H,38,43)(H,39,41)(H,40,42)(H,44,45). The zero-order valence-corrected chi connectivity index (χ0v) is 28.5. The molecule has 1 heterocycles. The molecule has 0 aliphatic rings. The molecule has 0 radical (unpaired) electrons. The first-order valence-electron chi connectivity index (χ1n) is 15.4. The minimum absolute atomic E-state index is 0.0281. The average molecular weight is 696 g/mol. The molecule has 0 fully saturated rings. The summed E-state index contributed by atoms with van der Waals surface area (Å²) in [6.45, 7) is 5.30. The third-order valence-electron chi connectivity index (χ3n) is 7.51. The van der Waals surface area contributed by atoms with Crippen molar-refractivity contribution in [2.24, 2.45) is 0 Å². The van der Waals surface area contributed by atoms with Crippen molar-refractivity contribution in [3.8, 4) is 0 Å². The highest BCUT2D eigenvalue weighted by Crippen LogP contribution is 2.36. The fourth-order valence-electron chi connectivity index (χ4n) is 5.21. The van der Waals surface area contributed by atoms with Crippen molar-refractivity contribution in [1.29, 1.82) is 0 Å². The number of carbonyl (C=O) groups is 5. The summed E-state index contributed by atoms with van der Waals surface area (Å²) in [5, 5.41) is 18.8. The maximum Gasteiger partial charge on any atom is 0.341 e. The van der Waals surface area contributed by atoms with Gasteiger partial charge < -0.3 is 25.8 Å². The number of thiophene rings is 1. The first kappa shape index (κ1) is 34.9. The number of rotatable bonds is 12. The normalized spacial score (nSPS) is 11.4. The van der Waals surface area contributed by atoms with E-state index in [-0.39, 0.29) is 39.1 Å². The summed E-state index contributed by atoms with van der Waals surface area (Å²) in [4.78, 5) is 66.0. The number of para-hydroxylation sites is 1. The number of amides is 3. The number of aromatic carboxylic acids is 1. The summed E-state index contributed by atoms with van der Waals surface area (Å²) in [6, 6.07) is 25.8. The number of hydrogen-bond donors (Lipinski definition) is 4. The minimum Gasteiger partial charge on any atom is -0.478 e. The Hall–Kier alpha value is -5.46. The van der Waals surface area contributed by atoms with E-state index < -0.39 is 29.0 Å². The van der Waals surface area contributed by atoms with Crippen molar-refractivity contribution in [3.63, 3.8) is 0 Å². The van der Waals surface area contributed by atoms with E-state index in [9.17, 15) is 29.1 Å². The van der Waals surface area contributed by atoms with E-state index in [0.29, 0.717) is 39.0 Å². The van der Waals surface area contributed by atoms with Crippen molar-refractivity contribution in [1.82, 2.24) is 0 Å². The zero-order valence-electron chi connectivity index (χ0n) is 26.9. The molecule has 5 rings (SSSR count). The Bertz CT molecular complexity index is 2050. The molecule has 4 aromatic carbocycles. The Balaban J connectivity index is 1.34. The fraction of sp³-hybridized carbons (Fsp3) is 0.162. The maximum absolute atomic E-state index is 13.6. The SMILES string of the molecule is CCOC(=O)c1c(NC(=O)C(CC)Sc2cccc(NC(=O)c3cccc4cccc(C(=O)O)c34)c2)sc(C(=O)Nc2ccccc2)c1C. The van der Waals surface area contributed by atoms with Gasteiger partial charge in [-0.2, -0.15) is 0 Å². The van der Waals surface area contributed by atoms with Gasteiger partial charge in [-0.1, -0.05) is 55.5 Å². The number of benzene rings is 4. The molecular formula is C37H33N3O7S2. The molecule has 1 aromatic heterocycles. The monoisotopic (exact) mass is 695 g/mol. The number of thioether (sulfide) groups is 1. The van der Waals surface area contributed by atoms with Gasteiger partial charge in [0.2, 0.25) is 5.91 Å². The lowest BCUT2D eigenvalue weighted by Crippen LogP contribution is -2.25. The van der Waals surface area contributed by atoms with E-state index in [0.717, 1.165) is 11.3 Å². The number of carbonyl (C=O) groups excluding carboxylic acids is 4. The second-order valence-corrected chi connectivity index (χ2v) is 13.1. The molecule has 49 heavy (non-hydrogen) atoms. The Morgan fingerprint density at radius 1 is 0.796 bits per heavy atom. The number of nitrogens with one attached hydrogen (secondary N) is 3. The predicted molar refractivity (Wildman–Crippen MR) is 193 cm³/mol. The van der Waals surface area contributed by atoms with E-state index in [1.165, 1.54) is 17.8 Å². The molecule has 5 aromatic rings. The van der Waals surface area contributed by atoms with E-state index in [1.54, 1.807) is 86.6 Å². The summed E-state index contributed by atoms with van der Waals surface area (Å²) in [6.07, 6.45) is 0.432. The van der Waals surface area contributed by atoms with Crippen LogP contribution in [0.1, 0.15) is 66.6 Å². The number of ether oxygens (including phenoxy) is 1. The second-order valence-electron chi connectivity index (χ2n) is 10.8. The van der Waals surface area contributed by atoms with Crippen LogP contribution in [0.4, 0.5) is 16.4 Å². The Kier molecular flexibility index (Phi) is 11.1. The van der Waals surface area contributed by atoms with Crippen molar-refractivity contribution in [2.45, 2.75) is 37.3 Å². The molecule has 0 bridgehead atoms. The number of esters is 1. The van der Waals surface area contributed by atoms with Gasteiger partial charge in [-0.05, 0) is 73.7 Å². The molecule has 250 valence electrons. The second kappa shape index (κ2) is 15.6. The van der Waals surface area contributed by atoms with Crippen molar-refractivity contribution < 1.29 is 33.8 Å². The van der Waals surface area contributed by atoms with Gasteiger partial charge >= 0.3 is 11.9 Å². The number of carboxylic acid groups (broad SMARTS) is 1. The average Bonchev–Trinajstić information content (AvgIpc) is 3.42. The van der Waals surface area contributed by atoms with E-state index in [4.69, 9.17) is 4.74 Å². The van der Waals surface area contributed by atoms with E-state index in [1.807, 2.05) is 19.1 Å². The number of hydrogen-bond acceptors (Lipinski definition) is 8. The fourth-order valence-corrected chi connectivity index (χ4v) is 7.32. The number of fused-ring (bicyclic) bond motifs is 1. The summed E-state index contributed by atoms with van der Waals surface area (Å²) < 4.78 is 5.26. The quantitative estimate of drug-likeness (QED) is 0.0755. The van der Waals surface area contributed by atoms with Crippen LogP contribution in [0.25, 0.3) is 10.8 Å². The lowest BCUT2D eigenvalue weighted by Gasteiger charge is -2.16. The third-order valence-corrected chi connectivity index (χ3v) is 10.1. The minimum atomic E-state index is -1.13. The summed E-state index contributed by atoms with van der Waals surface area (Å²) in [7, 11) is 0. The summed E-state index contributed by atoms with van der Waals surface area (Å²) in [5.74, 6) is -3.04. The lowest BCUT2D eigenvalue weighted by molar-refractivity contribution is -0.115. The van der Waals surface area contributed by atoms with Gasteiger partial charge in [-0.25, -0.2) is 9.59 Å². The van der Waals surface area contributed by atoms with Gasteiger partial charge in [-0.3, -0.25) is 14.4 Å². The van der Waals surface area contributed by atoms with Gasteiger partial charge in [0.05, 0.1) is 27.9 Å². The number of anilines is 3. The molecule has 0 aliphatic carbocycles. The van der Waals surface area contributed by atoms with Gasteiger partial charge in [0.1, 0.15) is 5.00 Å².